The first-order chi connectivity index (χ1) is 16.7. The molecule has 1 aliphatic rings. The number of alkyl halides is 3. The number of nitrogens with zero attached hydrogens (tertiary/aromatic N) is 4. The summed E-state index contributed by atoms with van der Waals surface area (Å²) in [5, 5.41) is 26.2. The Bertz CT molecular complexity index is 1230. The first-order valence-corrected chi connectivity index (χ1v) is 11.0. The van der Waals surface area contributed by atoms with Crippen molar-refractivity contribution < 1.29 is 22.7 Å². The van der Waals surface area contributed by atoms with Crippen LogP contribution in [0.3, 0.4) is 0 Å². The number of esters is 1. The number of aromatic nitrogens is 4. The minimum atomic E-state index is -5.15. The molecule has 1 atom stereocenters. The molecule has 0 aromatic carbocycles. The Morgan fingerprint density at radius 1 is 1.23 bits per heavy atom. The second-order valence-electron chi connectivity index (χ2n) is 8.26. The van der Waals surface area contributed by atoms with Crippen LogP contribution in [0.15, 0.2) is 30.5 Å². The maximum Gasteiger partial charge on any atom is 0.491 e. The van der Waals surface area contributed by atoms with Gasteiger partial charge in [-0.2, -0.15) is 23.5 Å². The molecule has 1 fully saturated rings. The summed E-state index contributed by atoms with van der Waals surface area (Å²) in [5.41, 5.74) is 1.65. The fourth-order valence-corrected chi connectivity index (χ4v) is 3.95. The van der Waals surface area contributed by atoms with Crippen molar-refractivity contribution in [1.82, 2.24) is 25.5 Å². The van der Waals surface area contributed by atoms with Crippen molar-refractivity contribution in [1.29, 1.82) is 5.26 Å². The summed E-state index contributed by atoms with van der Waals surface area (Å²) in [6.45, 7) is 1.89. The van der Waals surface area contributed by atoms with E-state index in [0.29, 0.717) is 43.1 Å². The third-order valence-electron chi connectivity index (χ3n) is 5.59. The van der Waals surface area contributed by atoms with E-state index >= 15 is 0 Å². The number of H-pyrrole nitrogens is 1. The van der Waals surface area contributed by atoms with Crippen molar-refractivity contribution in [2.75, 3.05) is 10.6 Å². The number of nitriles is 1. The van der Waals surface area contributed by atoms with Crippen molar-refractivity contribution in [3.05, 3.63) is 36.2 Å². The van der Waals surface area contributed by atoms with E-state index in [4.69, 9.17) is 10.2 Å². The van der Waals surface area contributed by atoms with E-state index < -0.39 is 18.4 Å². The van der Waals surface area contributed by atoms with Gasteiger partial charge in [-0.3, -0.25) is 15.4 Å². The monoisotopic (exact) mass is 488 g/mol. The van der Waals surface area contributed by atoms with Crippen molar-refractivity contribution in [3.8, 4) is 6.07 Å². The van der Waals surface area contributed by atoms with Gasteiger partial charge in [-0.05, 0) is 44.7 Å². The van der Waals surface area contributed by atoms with Crippen LogP contribution >= 0.6 is 0 Å². The molecule has 4 rings (SSSR count). The third-order valence-corrected chi connectivity index (χ3v) is 5.59. The summed E-state index contributed by atoms with van der Waals surface area (Å²) in [5.74, 6) is -0.544. The predicted octanol–water partition coefficient (Wildman–Crippen LogP) is 3.67. The largest absolute Gasteiger partial charge is 0.491 e. The lowest BCUT2D eigenvalue weighted by Gasteiger charge is -2.31. The average Bonchev–Trinajstić information content (AvgIpc) is 3.23. The molecule has 0 radical (unpaired) electrons. The zero-order chi connectivity index (χ0) is 25.0. The summed E-state index contributed by atoms with van der Waals surface area (Å²) < 4.78 is 41.4. The summed E-state index contributed by atoms with van der Waals surface area (Å²) in [6.07, 6.45) is -2.64. The Morgan fingerprint density at radius 2 is 1.97 bits per heavy atom. The van der Waals surface area contributed by atoms with Gasteiger partial charge in [0.15, 0.2) is 5.82 Å². The topological polar surface area (TPSA) is 141 Å². The fourth-order valence-electron chi connectivity index (χ4n) is 3.95. The number of rotatable bonds is 7. The maximum atomic E-state index is 12.4. The van der Waals surface area contributed by atoms with Crippen molar-refractivity contribution >= 4 is 34.3 Å². The van der Waals surface area contributed by atoms with Crippen LogP contribution in [0.4, 0.5) is 30.6 Å². The summed E-state index contributed by atoms with van der Waals surface area (Å²) in [7, 11) is 0. The normalized spacial score (nSPS) is 19.1. The lowest BCUT2D eigenvalue weighted by atomic mass is 9.91. The van der Waals surface area contributed by atoms with Gasteiger partial charge < -0.3 is 15.4 Å². The number of hydrogen-bond acceptors (Lipinski definition) is 9. The number of aryl methyl sites for hydroxylation is 1. The summed E-state index contributed by atoms with van der Waals surface area (Å²) in [4.78, 5) is 20.1. The Labute approximate surface area is 198 Å². The van der Waals surface area contributed by atoms with Gasteiger partial charge in [0.25, 0.3) is 0 Å². The SMILES string of the molecule is Cc1cc(Nc2cc3ncccc3c(NC3CCC(NC(C#N)OC(=O)C(F)(F)F)CC3)n2)n[nH]1. The lowest BCUT2D eigenvalue weighted by Crippen LogP contribution is -2.45. The predicted molar refractivity (Wildman–Crippen MR) is 120 cm³/mol. The van der Waals surface area contributed by atoms with Crippen LogP contribution in [0.1, 0.15) is 31.4 Å². The molecule has 0 saturated heterocycles. The summed E-state index contributed by atoms with van der Waals surface area (Å²) >= 11 is 0. The highest BCUT2D eigenvalue weighted by molar-refractivity contribution is 5.91. The van der Waals surface area contributed by atoms with Crippen LogP contribution in [-0.4, -0.2) is 50.6 Å². The zero-order valence-electron chi connectivity index (χ0n) is 18.7. The van der Waals surface area contributed by atoms with Gasteiger partial charge in [0.2, 0.25) is 6.23 Å². The number of aromatic amines is 1. The van der Waals surface area contributed by atoms with Gasteiger partial charge in [0.1, 0.15) is 17.7 Å². The van der Waals surface area contributed by atoms with Gasteiger partial charge in [-0.25, -0.2) is 9.78 Å². The highest BCUT2D eigenvalue weighted by atomic mass is 19.4. The Hall–Kier alpha value is -3.92. The molecule has 10 nitrogen and oxygen atoms in total. The van der Waals surface area contributed by atoms with Crippen LogP contribution in [0.2, 0.25) is 0 Å². The minimum Gasteiger partial charge on any atom is -0.426 e. The standard InChI is InChI=1S/C22H23F3N8O2/c1-12-9-18(33-32-12)30-17-10-16-15(3-2-8-27-16)20(31-17)29-14-6-4-13(5-7-14)28-19(11-26)35-21(34)22(23,24)25/h2-3,8-10,13-14,19,28H,4-7H2,1H3,(H3,29,30,31,32,33). The number of pyridine rings is 2. The Kier molecular flexibility index (Phi) is 7.02. The molecule has 1 saturated carbocycles. The van der Waals surface area contributed by atoms with Gasteiger partial charge in [0.05, 0.1) is 5.52 Å². The minimum absolute atomic E-state index is 0.0464. The van der Waals surface area contributed by atoms with E-state index in [0.717, 1.165) is 16.6 Å². The molecule has 184 valence electrons. The highest BCUT2D eigenvalue weighted by Gasteiger charge is 2.42. The van der Waals surface area contributed by atoms with Gasteiger partial charge in [-0.1, -0.05) is 0 Å². The molecule has 4 N–H and O–H groups in total. The number of ether oxygens (including phenoxy) is 1. The third kappa shape index (κ3) is 6.15. The molecule has 0 aliphatic heterocycles. The maximum absolute atomic E-state index is 12.4. The zero-order valence-corrected chi connectivity index (χ0v) is 18.7. The smallest absolute Gasteiger partial charge is 0.426 e. The van der Waals surface area contributed by atoms with E-state index in [1.807, 2.05) is 31.2 Å². The number of nitrogens with one attached hydrogen (secondary N) is 4. The number of hydrogen-bond donors (Lipinski definition) is 4. The quantitative estimate of drug-likeness (QED) is 0.290. The fraction of sp³-hybridized carbons (Fsp3) is 0.409. The van der Waals surface area contributed by atoms with Crippen LogP contribution in [0.25, 0.3) is 10.9 Å². The molecule has 13 heteroatoms. The van der Waals surface area contributed by atoms with Crippen molar-refractivity contribution in [2.45, 2.75) is 57.1 Å². The molecule has 3 heterocycles. The molecular formula is C22H23F3N8O2. The van der Waals surface area contributed by atoms with Crippen LogP contribution in [0.5, 0.6) is 0 Å². The Balaban J connectivity index is 1.39. The molecule has 0 bridgehead atoms. The number of anilines is 3. The van der Waals surface area contributed by atoms with Crippen molar-refractivity contribution in [3.63, 3.8) is 0 Å². The first kappa shape index (κ1) is 24.2. The number of fused-ring (bicyclic) bond motifs is 1. The summed E-state index contributed by atoms with van der Waals surface area (Å²) in [6, 6.07) is 8.76. The van der Waals surface area contributed by atoms with E-state index in [1.54, 1.807) is 12.3 Å². The molecule has 3 aromatic heterocycles. The van der Waals surface area contributed by atoms with Crippen LogP contribution < -0.4 is 16.0 Å². The first-order valence-electron chi connectivity index (χ1n) is 11.0. The molecule has 1 aliphatic carbocycles. The van der Waals surface area contributed by atoms with Gasteiger partial charge in [-0.15, -0.1) is 0 Å². The molecular weight excluding hydrogens is 465 g/mol. The van der Waals surface area contributed by atoms with E-state index in [2.05, 4.69) is 35.9 Å². The Morgan fingerprint density at radius 3 is 2.63 bits per heavy atom. The number of carbonyl (C=O) groups is 1. The van der Waals surface area contributed by atoms with Crippen molar-refractivity contribution in [2.24, 2.45) is 0 Å². The van der Waals surface area contributed by atoms with Crippen LogP contribution in [-0.2, 0) is 9.53 Å². The number of halogens is 3. The second-order valence-corrected chi connectivity index (χ2v) is 8.26. The molecule has 0 spiro atoms. The highest BCUT2D eigenvalue weighted by Crippen LogP contribution is 2.28. The average molecular weight is 488 g/mol. The molecule has 1 unspecified atom stereocenters. The number of carbonyl (C=O) groups excluding carboxylic acids is 1. The van der Waals surface area contributed by atoms with Crippen LogP contribution in [0, 0.1) is 18.3 Å². The van der Waals surface area contributed by atoms with E-state index in [1.165, 1.54) is 0 Å². The molecule has 0 amide bonds. The molecule has 35 heavy (non-hydrogen) atoms. The van der Waals surface area contributed by atoms with Gasteiger partial charge >= 0.3 is 12.1 Å². The van der Waals surface area contributed by atoms with E-state index in [-0.39, 0.29) is 12.1 Å². The van der Waals surface area contributed by atoms with E-state index in [9.17, 15) is 18.0 Å². The second kappa shape index (κ2) is 10.1. The van der Waals surface area contributed by atoms with Gasteiger partial charge in [0, 0.05) is 41.5 Å². The lowest BCUT2D eigenvalue weighted by molar-refractivity contribution is -0.204. The molecule has 3 aromatic rings.